The Morgan fingerprint density at radius 3 is 2.83 bits per heavy atom. The summed E-state index contributed by atoms with van der Waals surface area (Å²) >= 11 is 0. The highest BCUT2D eigenvalue weighted by Crippen LogP contribution is 2.36. The van der Waals surface area contributed by atoms with Crippen molar-refractivity contribution in [3.05, 3.63) is 23.3 Å². The van der Waals surface area contributed by atoms with Crippen molar-refractivity contribution in [3.63, 3.8) is 0 Å². The number of nitrogens with one attached hydrogen (secondary N) is 1. The maximum Gasteiger partial charge on any atom is 0.547 e. The average molecular weight is 321 g/mol. The molecule has 0 fully saturated rings. The van der Waals surface area contributed by atoms with E-state index in [9.17, 15) is 19.7 Å². The molecule has 1 aliphatic heterocycles. The van der Waals surface area contributed by atoms with Gasteiger partial charge in [-0.25, -0.2) is 4.79 Å². The molecule has 1 aromatic rings. The highest BCUT2D eigenvalue weighted by Gasteiger charge is 2.38. The Kier molecular flexibility index (Phi) is 5.49. The van der Waals surface area contributed by atoms with E-state index in [-0.39, 0.29) is 29.6 Å². The Hall–Kier alpha value is -2.22. The lowest BCUT2D eigenvalue weighted by molar-refractivity contribution is -0.121. The molecule has 0 saturated heterocycles. The van der Waals surface area contributed by atoms with Gasteiger partial charge >= 0.3 is 13.1 Å². The largest absolute Gasteiger partial charge is 0.547 e. The van der Waals surface area contributed by atoms with Crippen LogP contribution in [0.15, 0.2) is 12.1 Å². The molecular formula is C15H20BNO6. The first-order valence-electron chi connectivity index (χ1n) is 7.63. The second-order valence-corrected chi connectivity index (χ2v) is 5.30. The summed E-state index contributed by atoms with van der Waals surface area (Å²) in [6, 6.07) is 2.97. The zero-order valence-electron chi connectivity index (χ0n) is 13.2. The van der Waals surface area contributed by atoms with Crippen molar-refractivity contribution in [2.75, 3.05) is 6.61 Å². The van der Waals surface area contributed by atoms with Crippen molar-refractivity contribution in [1.82, 2.24) is 5.32 Å². The van der Waals surface area contributed by atoms with E-state index in [0.717, 1.165) is 0 Å². The number of aromatic hydroxyl groups is 1. The van der Waals surface area contributed by atoms with E-state index in [1.54, 1.807) is 13.0 Å². The Bertz CT molecular complexity index is 606. The van der Waals surface area contributed by atoms with Gasteiger partial charge in [0.05, 0.1) is 12.5 Å². The van der Waals surface area contributed by atoms with Gasteiger partial charge in [0.25, 0.3) is 0 Å². The lowest BCUT2D eigenvalue weighted by atomic mass is 9.72. The molecule has 3 N–H and O–H groups in total. The number of hydrogen-bond donors (Lipinski definition) is 3. The number of amides is 1. The highest BCUT2D eigenvalue weighted by molar-refractivity contribution is 6.47. The summed E-state index contributed by atoms with van der Waals surface area (Å²) in [5.74, 6) is -1.68. The summed E-state index contributed by atoms with van der Waals surface area (Å²) in [4.78, 5) is 23.7. The van der Waals surface area contributed by atoms with Gasteiger partial charge < -0.3 is 24.8 Å². The lowest BCUT2D eigenvalue weighted by Crippen LogP contribution is -2.53. The average Bonchev–Trinajstić information content (AvgIpc) is 2.48. The Labute approximate surface area is 134 Å². The molecule has 8 heteroatoms. The Morgan fingerprint density at radius 1 is 1.43 bits per heavy atom. The van der Waals surface area contributed by atoms with E-state index in [4.69, 9.17) is 9.39 Å². The first kappa shape index (κ1) is 17.1. The second kappa shape index (κ2) is 7.37. The number of ether oxygens (including phenoxy) is 1. The molecule has 0 radical (unpaired) electrons. The van der Waals surface area contributed by atoms with Crippen LogP contribution in [0.4, 0.5) is 0 Å². The van der Waals surface area contributed by atoms with Gasteiger partial charge in [-0.3, -0.25) is 4.79 Å². The number of phenolic OH excluding ortho intramolecular Hbond substituents is 1. The number of hydrogen-bond acceptors (Lipinski definition) is 6. The fourth-order valence-electron chi connectivity index (χ4n) is 2.48. The second-order valence-electron chi connectivity index (χ2n) is 5.30. The molecule has 0 aliphatic carbocycles. The van der Waals surface area contributed by atoms with E-state index >= 15 is 0 Å². The predicted octanol–water partition coefficient (Wildman–Crippen LogP) is 0.808. The molecule has 1 amide bonds. The maximum absolute atomic E-state index is 12.0. The summed E-state index contributed by atoms with van der Waals surface area (Å²) in [7, 11) is -1.31. The van der Waals surface area contributed by atoms with Crippen LogP contribution in [0, 0.1) is 0 Å². The zero-order valence-corrected chi connectivity index (χ0v) is 13.2. The summed E-state index contributed by atoms with van der Waals surface area (Å²) < 4.78 is 10.3. The van der Waals surface area contributed by atoms with Crippen LogP contribution in [-0.4, -0.2) is 41.7 Å². The highest BCUT2D eigenvalue weighted by atomic mass is 16.5. The third-order valence-electron chi connectivity index (χ3n) is 3.54. The molecule has 0 bridgehead atoms. The SMILES string of the molecule is CCCC(=O)NC1Cc2ccc(O)c(C(=O)OCC)c2OB1O. The number of carbonyl (C=O) groups is 2. The predicted molar refractivity (Wildman–Crippen MR) is 83.2 cm³/mol. The number of benzene rings is 1. The zero-order chi connectivity index (χ0) is 17.0. The molecule has 0 aromatic heterocycles. The molecule has 1 atom stereocenters. The summed E-state index contributed by atoms with van der Waals surface area (Å²) in [5, 5.41) is 22.7. The van der Waals surface area contributed by atoms with Crippen molar-refractivity contribution in [3.8, 4) is 11.5 Å². The van der Waals surface area contributed by atoms with Crippen molar-refractivity contribution in [2.45, 2.75) is 39.1 Å². The van der Waals surface area contributed by atoms with Crippen molar-refractivity contribution in [2.24, 2.45) is 0 Å². The van der Waals surface area contributed by atoms with E-state index in [1.807, 2.05) is 6.92 Å². The molecule has 1 aliphatic rings. The molecular weight excluding hydrogens is 301 g/mol. The number of fused-ring (bicyclic) bond motifs is 1. The van der Waals surface area contributed by atoms with Crippen LogP contribution in [-0.2, 0) is 16.0 Å². The van der Waals surface area contributed by atoms with Gasteiger partial charge in [0.15, 0.2) is 0 Å². The third-order valence-corrected chi connectivity index (χ3v) is 3.54. The standard InChI is InChI=1S/C15H20BNO6/c1-3-5-12(19)17-11-8-9-6-7-10(18)13(15(20)22-4-2)14(9)23-16(11)21/h6-7,11,18,21H,3-5,8H2,1-2H3,(H,17,19). The van der Waals surface area contributed by atoms with Crippen molar-refractivity contribution < 1.29 is 29.1 Å². The number of phenols is 1. The van der Waals surface area contributed by atoms with Crippen LogP contribution in [0.1, 0.15) is 42.6 Å². The Morgan fingerprint density at radius 2 is 2.17 bits per heavy atom. The van der Waals surface area contributed by atoms with Gasteiger partial charge in [-0.2, -0.15) is 0 Å². The molecule has 2 rings (SSSR count). The number of esters is 1. The fourth-order valence-corrected chi connectivity index (χ4v) is 2.48. The first-order chi connectivity index (χ1) is 11.0. The molecule has 7 nitrogen and oxygen atoms in total. The fraction of sp³-hybridized carbons (Fsp3) is 0.467. The molecule has 1 aromatic carbocycles. The number of rotatable bonds is 5. The molecule has 0 spiro atoms. The van der Waals surface area contributed by atoms with Gasteiger partial charge in [-0.05, 0) is 31.4 Å². The topological polar surface area (TPSA) is 105 Å². The van der Waals surface area contributed by atoms with Crippen molar-refractivity contribution in [1.29, 1.82) is 0 Å². The van der Waals surface area contributed by atoms with Crippen LogP contribution in [0.5, 0.6) is 11.5 Å². The molecule has 1 unspecified atom stereocenters. The van der Waals surface area contributed by atoms with Gasteiger partial charge in [0, 0.05) is 6.42 Å². The van der Waals surface area contributed by atoms with E-state index in [0.29, 0.717) is 24.8 Å². The third kappa shape index (κ3) is 3.76. The van der Waals surface area contributed by atoms with Crippen LogP contribution in [0.2, 0.25) is 0 Å². The van der Waals surface area contributed by atoms with Crippen LogP contribution in [0.3, 0.4) is 0 Å². The normalized spacial score (nSPS) is 16.3. The van der Waals surface area contributed by atoms with Crippen LogP contribution >= 0.6 is 0 Å². The van der Waals surface area contributed by atoms with E-state index in [1.165, 1.54) is 6.07 Å². The first-order valence-corrected chi connectivity index (χ1v) is 7.63. The minimum Gasteiger partial charge on any atom is -0.534 e. The van der Waals surface area contributed by atoms with E-state index < -0.39 is 19.0 Å². The lowest BCUT2D eigenvalue weighted by Gasteiger charge is -2.29. The van der Waals surface area contributed by atoms with Crippen LogP contribution in [0.25, 0.3) is 0 Å². The van der Waals surface area contributed by atoms with Crippen molar-refractivity contribution >= 4 is 19.0 Å². The maximum atomic E-state index is 12.0. The van der Waals surface area contributed by atoms with Gasteiger partial charge in [0.2, 0.25) is 5.91 Å². The molecule has 1 heterocycles. The summed E-state index contributed by atoms with van der Waals surface area (Å²) in [5.41, 5.74) is 0.500. The van der Waals surface area contributed by atoms with Gasteiger partial charge in [-0.1, -0.05) is 13.0 Å². The van der Waals surface area contributed by atoms with Gasteiger partial charge in [-0.15, -0.1) is 0 Å². The molecule has 0 saturated carbocycles. The minimum atomic E-state index is -1.31. The van der Waals surface area contributed by atoms with Gasteiger partial charge in [0.1, 0.15) is 17.1 Å². The summed E-state index contributed by atoms with van der Waals surface area (Å²) in [6.45, 7) is 3.69. The Balaban J connectivity index is 2.26. The molecule has 23 heavy (non-hydrogen) atoms. The van der Waals surface area contributed by atoms with E-state index in [2.05, 4.69) is 5.32 Å². The monoisotopic (exact) mass is 321 g/mol. The minimum absolute atomic E-state index is 0.0944. The van der Waals surface area contributed by atoms with Crippen LogP contribution < -0.4 is 9.97 Å². The smallest absolute Gasteiger partial charge is 0.534 e. The summed E-state index contributed by atoms with van der Waals surface area (Å²) in [6.07, 6.45) is 1.35. The molecule has 124 valence electrons. The number of carbonyl (C=O) groups excluding carboxylic acids is 2. The quantitative estimate of drug-likeness (QED) is 0.547.